The van der Waals surface area contributed by atoms with Crippen LogP contribution in [0.5, 0.6) is 0 Å². The van der Waals surface area contributed by atoms with Crippen molar-refractivity contribution in [1.29, 1.82) is 5.26 Å². The first-order valence-corrected chi connectivity index (χ1v) is 7.48. The second kappa shape index (κ2) is 7.33. The maximum Gasteiger partial charge on any atom is 0.416 e. The van der Waals surface area contributed by atoms with E-state index in [-0.39, 0.29) is 18.9 Å². The summed E-state index contributed by atoms with van der Waals surface area (Å²) in [6.07, 6.45) is -4.35. The van der Waals surface area contributed by atoms with Crippen LogP contribution >= 0.6 is 0 Å². The zero-order valence-corrected chi connectivity index (χ0v) is 13.3. The molecular weight excluding hydrogens is 347 g/mol. The van der Waals surface area contributed by atoms with Crippen molar-refractivity contribution < 1.29 is 17.9 Å². The summed E-state index contributed by atoms with van der Waals surface area (Å²) in [5, 5.41) is 19.0. The molecule has 0 fully saturated rings. The van der Waals surface area contributed by atoms with Gasteiger partial charge in [0, 0.05) is 0 Å². The molecule has 0 saturated heterocycles. The number of benzene rings is 1. The van der Waals surface area contributed by atoms with Crippen molar-refractivity contribution in [1.82, 2.24) is 20.4 Å². The van der Waals surface area contributed by atoms with Gasteiger partial charge in [0.1, 0.15) is 11.8 Å². The molecule has 26 heavy (non-hydrogen) atoms. The molecule has 0 unspecified atom stereocenters. The third-order valence-corrected chi connectivity index (χ3v) is 3.50. The molecule has 2 heterocycles. The molecule has 3 rings (SSSR count). The first-order chi connectivity index (χ1) is 12.5. The summed E-state index contributed by atoms with van der Waals surface area (Å²) in [5.41, 5.74) is 1.48. The average Bonchev–Trinajstić information content (AvgIpc) is 3.10. The minimum Gasteiger partial charge on any atom is -0.370 e. The average molecular weight is 359 g/mol. The van der Waals surface area contributed by atoms with Crippen molar-refractivity contribution in [2.45, 2.75) is 19.4 Å². The molecule has 2 aromatic heterocycles. The number of H-pyrrole nitrogens is 1. The molecule has 132 valence electrons. The van der Waals surface area contributed by atoms with Gasteiger partial charge in [0.05, 0.1) is 30.2 Å². The molecule has 0 aliphatic heterocycles. The van der Waals surface area contributed by atoms with Crippen molar-refractivity contribution in [2.75, 3.05) is 0 Å². The third-order valence-electron chi connectivity index (χ3n) is 3.50. The lowest BCUT2D eigenvalue weighted by Gasteiger charge is -2.08. The number of nitrogens with one attached hydrogen (secondary N) is 1. The Morgan fingerprint density at radius 1 is 1.04 bits per heavy atom. The Kier molecular flexibility index (Phi) is 4.95. The Balaban J connectivity index is 1.62. The van der Waals surface area contributed by atoms with Crippen LogP contribution < -0.4 is 0 Å². The highest BCUT2D eigenvalue weighted by molar-refractivity contribution is 5.59. The van der Waals surface area contributed by atoms with Crippen LogP contribution in [-0.2, 0) is 24.1 Å². The normalized spacial score (nSPS) is 11.3. The van der Waals surface area contributed by atoms with E-state index in [1.807, 2.05) is 6.07 Å². The molecule has 0 saturated carbocycles. The minimum absolute atomic E-state index is 0.139. The fourth-order valence-electron chi connectivity index (χ4n) is 2.24. The van der Waals surface area contributed by atoms with Crippen molar-refractivity contribution in [2.24, 2.45) is 0 Å². The van der Waals surface area contributed by atoms with E-state index in [4.69, 9.17) is 10.00 Å². The fourth-order valence-corrected chi connectivity index (χ4v) is 2.24. The van der Waals surface area contributed by atoms with Crippen LogP contribution in [0.15, 0.2) is 42.5 Å². The van der Waals surface area contributed by atoms with Gasteiger partial charge < -0.3 is 4.74 Å². The monoisotopic (exact) mass is 359 g/mol. The maximum absolute atomic E-state index is 12.5. The number of nitrogens with zero attached hydrogens (tertiary/aromatic N) is 4. The summed E-state index contributed by atoms with van der Waals surface area (Å²) in [7, 11) is 0. The number of ether oxygens (including phenoxy) is 1. The molecule has 1 N–H and O–H groups in total. The molecule has 6 nitrogen and oxygen atoms in total. The van der Waals surface area contributed by atoms with Crippen LogP contribution in [0.4, 0.5) is 13.2 Å². The molecule has 0 aliphatic carbocycles. The maximum atomic E-state index is 12.5. The van der Waals surface area contributed by atoms with E-state index in [1.54, 1.807) is 18.2 Å². The van der Waals surface area contributed by atoms with Crippen LogP contribution in [0.1, 0.15) is 22.5 Å². The summed E-state index contributed by atoms with van der Waals surface area (Å²) in [4.78, 5) is 4.35. The molecule has 0 amide bonds. The van der Waals surface area contributed by atoms with E-state index in [2.05, 4.69) is 20.4 Å². The molecule has 9 heteroatoms. The lowest BCUT2D eigenvalue weighted by atomic mass is 10.1. The Morgan fingerprint density at radius 3 is 2.50 bits per heavy atom. The predicted octanol–water partition coefficient (Wildman–Crippen LogP) is 3.47. The molecule has 3 aromatic rings. The van der Waals surface area contributed by atoms with E-state index in [0.29, 0.717) is 22.6 Å². The molecule has 0 spiro atoms. The van der Waals surface area contributed by atoms with Crippen molar-refractivity contribution in [3.63, 3.8) is 0 Å². The Labute approximate surface area is 146 Å². The van der Waals surface area contributed by atoms with Gasteiger partial charge in [0.2, 0.25) is 0 Å². The number of pyridine rings is 1. The summed E-state index contributed by atoms with van der Waals surface area (Å²) < 4.78 is 43.1. The summed E-state index contributed by atoms with van der Waals surface area (Å²) >= 11 is 0. The summed E-state index contributed by atoms with van der Waals surface area (Å²) in [6, 6.07) is 11.9. The second-order valence-electron chi connectivity index (χ2n) is 5.33. The SMILES string of the molecule is N#Cc1n[nH]nc1-c1cccc(COCc2ccc(C(F)(F)F)cc2)n1. The van der Waals surface area contributed by atoms with Gasteiger partial charge in [-0.05, 0) is 29.8 Å². The highest BCUT2D eigenvalue weighted by Crippen LogP contribution is 2.29. The Bertz CT molecular complexity index is 929. The number of aromatic amines is 1. The topological polar surface area (TPSA) is 87.5 Å². The lowest BCUT2D eigenvalue weighted by molar-refractivity contribution is -0.137. The molecular formula is C17H12F3N5O. The van der Waals surface area contributed by atoms with Crippen LogP contribution in [0.2, 0.25) is 0 Å². The molecule has 0 atom stereocenters. The Morgan fingerprint density at radius 2 is 1.81 bits per heavy atom. The zero-order valence-electron chi connectivity index (χ0n) is 13.3. The van der Waals surface area contributed by atoms with Crippen LogP contribution in [0.25, 0.3) is 11.4 Å². The number of aromatic nitrogens is 4. The number of hydrogen-bond donors (Lipinski definition) is 1. The van der Waals surface area contributed by atoms with Gasteiger partial charge in [0.25, 0.3) is 0 Å². The number of alkyl halides is 3. The van der Waals surface area contributed by atoms with Gasteiger partial charge in [-0.25, -0.2) is 4.98 Å². The van der Waals surface area contributed by atoms with E-state index in [1.165, 1.54) is 12.1 Å². The van der Waals surface area contributed by atoms with Gasteiger partial charge in [-0.2, -0.15) is 28.7 Å². The highest BCUT2D eigenvalue weighted by atomic mass is 19.4. The number of hydrogen-bond acceptors (Lipinski definition) is 5. The van der Waals surface area contributed by atoms with E-state index < -0.39 is 11.7 Å². The number of rotatable bonds is 5. The van der Waals surface area contributed by atoms with E-state index >= 15 is 0 Å². The van der Waals surface area contributed by atoms with Gasteiger partial charge in [0.15, 0.2) is 5.69 Å². The Hall–Kier alpha value is -3.25. The molecule has 0 radical (unpaired) electrons. The summed E-state index contributed by atoms with van der Waals surface area (Å²) in [5.74, 6) is 0. The first-order valence-electron chi connectivity index (χ1n) is 7.48. The minimum atomic E-state index is -4.35. The van der Waals surface area contributed by atoms with E-state index in [0.717, 1.165) is 12.1 Å². The van der Waals surface area contributed by atoms with Crippen molar-refractivity contribution >= 4 is 0 Å². The van der Waals surface area contributed by atoms with Gasteiger partial charge in [-0.1, -0.05) is 18.2 Å². The third kappa shape index (κ3) is 4.04. The zero-order chi connectivity index (χ0) is 18.6. The van der Waals surface area contributed by atoms with Crippen LogP contribution in [0, 0.1) is 11.3 Å². The van der Waals surface area contributed by atoms with Gasteiger partial charge in [-0.15, -0.1) is 5.10 Å². The fraction of sp³-hybridized carbons (Fsp3) is 0.176. The molecule has 0 bridgehead atoms. The number of halogens is 3. The van der Waals surface area contributed by atoms with Crippen LogP contribution in [0.3, 0.4) is 0 Å². The van der Waals surface area contributed by atoms with Crippen molar-refractivity contribution in [3.05, 3.63) is 65.0 Å². The number of nitriles is 1. The summed E-state index contributed by atoms with van der Waals surface area (Å²) in [6.45, 7) is 0.312. The van der Waals surface area contributed by atoms with Crippen molar-refractivity contribution in [3.8, 4) is 17.5 Å². The molecule has 1 aromatic carbocycles. The predicted molar refractivity (Wildman–Crippen MR) is 84.3 cm³/mol. The molecule has 0 aliphatic rings. The van der Waals surface area contributed by atoms with Gasteiger partial charge >= 0.3 is 6.18 Å². The smallest absolute Gasteiger partial charge is 0.370 e. The second-order valence-corrected chi connectivity index (χ2v) is 5.33. The first kappa shape index (κ1) is 17.6. The quantitative estimate of drug-likeness (QED) is 0.754. The standard InChI is InChI=1S/C17H12F3N5O/c18-17(19,20)12-6-4-11(5-7-12)9-26-10-13-2-1-3-14(22-13)16-15(8-21)23-25-24-16/h1-7H,9-10H2,(H,23,24,25). The highest BCUT2D eigenvalue weighted by Gasteiger charge is 2.29. The van der Waals surface area contributed by atoms with E-state index in [9.17, 15) is 13.2 Å². The lowest BCUT2D eigenvalue weighted by Crippen LogP contribution is -2.04. The van der Waals surface area contributed by atoms with Gasteiger partial charge in [-0.3, -0.25) is 0 Å². The van der Waals surface area contributed by atoms with Crippen LogP contribution in [-0.4, -0.2) is 20.4 Å². The largest absolute Gasteiger partial charge is 0.416 e.